The van der Waals surface area contributed by atoms with Crippen molar-refractivity contribution in [3.05, 3.63) is 35.4 Å². The van der Waals surface area contributed by atoms with Crippen LogP contribution in [0.25, 0.3) is 0 Å². The molecule has 0 heterocycles. The summed E-state index contributed by atoms with van der Waals surface area (Å²) >= 11 is 0. The molecule has 0 unspecified atom stereocenters. The van der Waals surface area contributed by atoms with Crippen molar-refractivity contribution in [1.29, 1.82) is 0 Å². The SMILES string of the molecule is CC(C)NC(=O)c1ccc(C(N)=O)cc1. The van der Waals surface area contributed by atoms with Crippen LogP contribution in [0.15, 0.2) is 24.3 Å². The molecule has 4 heteroatoms. The van der Waals surface area contributed by atoms with Gasteiger partial charge in [-0.05, 0) is 38.1 Å². The Kier molecular flexibility index (Phi) is 3.44. The lowest BCUT2D eigenvalue weighted by Gasteiger charge is -2.08. The Labute approximate surface area is 88.5 Å². The van der Waals surface area contributed by atoms with Crippen LogP contribution < -0.4 is 11.1 Å². The number of carbonyl (C=O) groups excluding carboxylic acids is 2. The molecular formula is C11H14N2O2. The van der Waals surface area contributed by atoms with E-state index in [1.807, 2.05) is 13.8 Å². The van der Waals surface area contributed by atoms with Crippen LogP contribution in [0.1, 0.15) is 34.6 Å². The molecule has 0 fully saturated rings. The third-order valence-electron chi connectivity index (χ3n) is 1.85. The highest BCUT2D eigenvalue weighted by Crippen LogP contribution is 2.04. The summed E-state index contributed by atoms with van der Waals surface area (Å²) in [6, 6.07) is 6.33. The number of nitrogens with one attached hydrogen (secondary N) is 1. The van der Waals surface area contributed by atoms with E-state index < -0.39 is 5.91 Å². The average molecular weight is 206 g/mol. The van der Waals surface area contributed by atoms with Gasteiger partial charge in [0.15, 0.2) is 0 Å². The Morgan fingerprint density at radius 2 is 1.60 bits per heavy atom. The highest BCUT2D eigenvalue weighted by Gasteiger charge is 2.07. The number of carbonyl (C=O) groups is 2. The summed E-state index contributed by atoms with van der Waals surface area (Å²) in [4.78, 5) is 22.3. The maximum absolute atomic E-state index is 11.5. The summed E-state index contributed by atoms with van der Waals surface area (Å²) < 4.78 is 0. The molecule has 3 N–H and O–H groups in total. The predicted octanol–water partition coefficient (Wildman–Crippen LogP) is 0.924. The topological polar surface area (TPSA) is 72.2 Å². The van der Waals surface area contributed by atoms with Crippen molar-refractivity contribution in [2.45, 2.75) is 19.9 Å². The van der Waals surface area contributed by atoms with Crippen LogP contribution in [-0.2, 0) is 0 Å². The van der Waals surface area contributed by atoms with Gasteiger partial charge in [0, 0.05) is 17.2 Å². The minimum absolute atomic E-state index is 0.0910. The van der Waals surface area contributed by atoms with E-state index in [1.54, 1.807) is 12.1 Å². The lowest BCUT2D eigenvalue weighted by atomic mass is 10.1. The molecule has 1 aromatic rings. The number of rotatable bonds is 3. The van der Waals surface area contributed by atoms with Crippen molar-refractivity contribution in [2.75, 3.05) is 0 Å². The molecule has 4 nitrogen and oxygen atoms in total. The fourth-order valence-electron chi connectivity index (χ4n) is 1.13. The van der Waals surface area contributed by atoms with Gasteiger partial charge in [-0.25, -0.2) is 0 Å². The number of nitrogens with two attached hydrogens (primary N) is 1. The van der Waals surface area contributed by atoms with Gasteiger partial charge in [-0.1, -0.05) is 0 Å². The minimum atomic E-state index is -0.495. The summed E-state index contributed by atoms with van der Waals surface area (Å²) in [6.45, 7) is 3.77. The Morgan fingerprint density at radius 1 is 1.13 bits per heavy atom. The van der Waals surface area contributed by atoms with E-state index >= 15 is 0 Å². The van der Waals surface area contributed by atoms with Gasteiger partial charge in [0.05, 0.1) is 0 Å². The van der Waals surface area contributed by atoms with Crippen LogP contribution in [0, 0.1) is 0 Å². The summed E-state index contributed by atoms with van der Waals surface area (Å²) in [6.07, 6.45) is 0. The van der Waals surface area contributed by atoms with Crippen LogP contribution >= 0.6 is 0 Å². The Balaban J connectivity index is 2.80. The zero-order chi connectivity index (χ0) is 11.4. The maximum atomic E-state index is 11.5. The monoisotopic (exact) mass is 206 g/mol. The second kappa shape index (κ2) is 4.59. The fourth-order valence-corrected chi connectivity index (χ4v) is 1.13. The summed E-state index contributed by atoms with van der Waals surface area (Å²) in [5, 5.41) is 2.75. The molecule has 0 atom stereocenters. The second-order valence-corrected chi connectivity index (χ2v) is 3.57. The van der Waals surface area contributed by atoms with Gasteiger partial charge < -0.3 is 11.1 Å². The van der Waals surface area contributed by atoms with E-state index in [0.717, 1.165) is 0 Å². The number of hydrogen-bond acceptors (Lipinski definition) is 2. The molecule has 0 aliphatic carbocycles. The normalized spacial score (nSPS) is 10.1. The quantitative estimate of drug-likeness (QED) is 0.772. The van der Waals surface area contributed by atoms with Crippen molar-refractivity contribution < 1.29 is 9.59 Å². The first-order valence-corrected chi connectivity index (χ1v) is 4.71. The van der Waals surface area contributed by atoms with E-state index in [-0.39, 0.29) is 11.9 Å². The highest BCUT2D eigenvalue weighted by molar-refractivity contribution is 5.97. The molecule has 1 aromatic carbocycles. The smallest absolute Gasteiger partial charge is 0.251 e. The largest absolute Gasteiger partial charge is 0.366 e. The van der Waals surface area contributed by atoms with E-state index in [2.05, 4.69) is 5.32 Å². The van der Waals surface area contributed by atoms with Crippen LogP contribution in [0.2, 0.25) is 0 Å². The van der Waals surface area contributed by atoms with Gasteiger partial charge >= 0.3 is 0 Å². The molecule has 0 spiro atoms. The third-order valence-corrected chi connectivity index (χ3v) is 1.85. The number of primary amides is 1. The molecule has 1 rings (SSSR count). The number of benzene rings is 1. The van der Waals surface area contributed by atoms with E-state index in [4.69, 9.17) is 5.73 Å². The van der Waals surface area contributed by atoms with Gasteiger partial charge in [-0.2, -0.15) is 0 Å². The zero-order valence-corrected chi connectivity index (χ0v) is 8.78. The molecule has 0 aromatic heterocycles. The van der Waals surface area contributed by atoms with Crippen LogP contribution in [0.3, 0.4) is 0 Å². The Morgan fingerprint density at radius 3 is 2.00 bits per heavy atom. The number of hydrogen-bond donors (Lipinski definition) is 2. The Bertz CT molecular complexity index is 369. The van der Waals surface area contributed by atoms with E-state index in [0.29, 0.717) is 11.1 Å². The standard InChI is InChI=1S/C11H14N2O2/c1-7(2)13-11(15)9-5-3-8(4-6-9)10(12)14/h3-7H,1-2H3,(H2,12,14)(H,13,15). The first kappa shape index (κ1) is 11.2. The number of amides is 2. The lowest BCUT2D eigenvalue weighted by molar-refractivity contribution is 0.0940. The molecule has 0 saturated heterocycles. The highest BCUT2D eigenvalue weighted by atomic mass is 16.2. The van der Waals surface area contributed by atoms with Crippen molar-refractivity contribution in [3.63, 3.8) is 0 Å². The second-order valence-electron chi connectivity index (χ2n) is 3.57. The molecule has 0 bridgehead atoms. The zero-order valence-electron chi connectivity index (χ0n) is 8.78. The van der Waals surface area contributed by atoms with Gasteiger partial charge in [0.2, 0.25) is 5.91 Å². The van der Waals surface area contributed by atoms with Crippen molar-refractivity contribution in [2.24, 2.45) is 5.73 Å². The molecule has 0 radical (unpaired) electrons. The molecular weight excluding hydrogens is 192 g/mol. The molecule has 0 aliphatic rings. The van der Waals surface area contributed by atoms with Gasteiger partial charge in [0.25, 0.3) is 5.91 Å². The average Bonchev–Trinajstić information content (AvgIpc) is 2.17. The minimum Gasteiger partial charge on any atom is -0.366 e. The molecule has 15 heavy (non-hydrogen) atoms. The lowest BCUT2D eigenvalue weighted by Crippen LogP contribution is -2.30. The van der Waals surface area contributed by atoms with Crippen LogP contribution in [-0.4, -0.2) is 17.9 Å². The van der Waals surface area contributed by atoms with Crippen molar-refractivity contribution in [1.82, 2.24) is 5.32 Å². The maximum Gasteiger partial charge on any atom is 0.251 e. The fraction of sp³-hybridized carbons (Fsp3) is 0.273. The summed E-state index contributed by atoms with van der Waals surface area (Å²) in [5.41, 5.74) is 6.00. The third kappa shape index (κ3) is 3.09. The van der Waals surface area contributed by atoms with Gasteiger partial charge in [-0.15, -0.1) is 0 Å². The molecule has 0 saturated carbocycles. The van der Waals surface area contributed by atoms with Crippen molar-refractivity contribution in [3.8, 4) is 0 Å². The first-order chi connectivity index (χ1) is 7.00. The Hall–Kier alpha value is -1.84. The van der Waals surface area contributed by atoms with Crippen LogP contribution in [0.5, 0.6) is 0 Å². The van der Waals surface area contributed by atoms with Crippen LogP contribution in [0.4, 0.5) is 0 Å². The van der Waals surface area contributed by atoms with Crippen molar-refractivity contribution >= 4 is 11.8 Å². The predicted molar refractivity (Wildman–Crippen MR) is 57.6 cm³/mol. The molecule has 80 valence electrons. The summed E-state index contributed by atoms with van der Waals surface area (Å²) in [7, 11) is 0. The first-order valence-electron chi connectivity index (χ1n) is 4.71. The van der Waals surface area contributed by atoms with E-state index in [1.165, 1.54) is 12.1 Å². The van der Waals surface area contributed by atoms with Gasteiger partial charge in [0.1, 0.15) is 0 Å². The molecule has 2 amide bonds. The summed E-state index contributed by atoms with van der Waals surface area (Å²) in [5.74, 6) is -0.646. The van der Waals surface area contributed by atoms with Gasteiger partial charge in [-0.3, -0.25) is 9.59 Å². The molecule has 0 aliphatic heterocycles. The van der Waals surface area contributed by atoms with E-state index in [9.17, 15) is 9.59 Å².